The Labute approximate surface area is 121 Å². The van der Waals surface area contributed by atoms with Crippen molar-refractivity contribution in [2.45, 2.75) is 70.1 Å². The van der Waals surface area contributed by atoms with Gasteiger partial charge < -0.3 is 15.0 Å². The number of carbonyl (C=O) groups is 2. The summed E-state index contributed by atoms with van der Waals surface area (Å²) in [5.41, 5.74) is -0.756. The number of hydrogen-bond donors (Lipinski definition) is 1. The molecule has 1 saturated carbocycles. The van der Waals surface area contributed by atoms with Gasteiger partial charge in [0.25, 0.3) is 0 Å². The van der Waals surface area contributed by atoms with Crippen LogP contribution in [0.1, 0.15) is 52.4 Å². The summed E-state index contributed by atoms with van der Waals surface area (Å²) >= 11 is 0. The zero-order valence-corrected chi connectivity index (χ0v) is 12.8. The minimum Gasteiger partial charge on any atom is -0.381 e. The van der Waals surface area contributed by atoms with Crippen molar-refractivity contribution < 1.29 is 14.3 Å². The van der Waals surface area contributed by atoms with Crippen molar-refractivity contribution >= 4 is 11.8 Å². The Bertz CT molecular complexity index is 385. The predicted octanol–water partition coefficient (Wildman–Crippen LogP) is 1.46. The van der Waals surface area contributed by atoms with Gasteiger partial charge in [-0.3, -0.25) is 9.59 Å². The van der Waals surface area contributed by atoms with Crippen LogP contribution < -0.4 is 5.32 Å². The van der Waals surface area contributed by atoms with E-state index in [0.29, 0.717) is 19.4 Å². The van der Waals surface area contributed by atoms with Crippen molar-refractivity contribution in [3.63, 3.8) is 0 Å². The van der Waals surface area contributed by atoms with Crippen molar-refractivity contribution in [2.24, 2.45) is 0 Å². The summed E-state index contributed by atoms with van der Waals surface area (Å²) in [4.78, 5) is 26.6. The number of nitrogens with one attached hydrogen (secondary N) is 1. The van der Waals surface area contributed by atoms with E-state index in [1.165, 1.54) is 0 Å². The lowest BCUT2D eigenvalue weighted by atomic mass is 9.89. The third kappa shape index (κ3) is 2.97. The van der Waals surface area contributed by atoms with E-state index >= 15 is 0 Å². The largest absolute Gasteiger partial charge is 0.381 e. The summed E-state index contributed by atoms with van der Waals surface area (Å²) in [5.74, 6) is 0.0388. The second-order valence-corrected chi connectivity index (χ2v) is 6.16. The first-order valence-electron chi connectivity index (χ1n) is 7.65. The van der Waals surface area contributed by atoms with Gasteiger partial charge in [0.1, 0.15) is 5.54 Å². The van der Waals surface area contributed by atoms with Gasteiger partial charge in [-0.25, -0.2) is 0 Å². The van der Waals surface area contributed by atoms with Gasteiger partial charge in [-0.05, 0) is 39.0 Å². The summed E-state index contributed by atoms with van der Waals surface area (Å²) < 4.78 is 5.46. The Morgan fingerprint density at radius 3 is 2.80 bits per heavy atom. The first-order chi connectivity index (χ1) is 9.50. The number of methoxy groups -OCH3 is 1. The van der Waals surface area contributed by atoms with Gasteiger partial charge >= 0.3 is 0 Å². The van der Waals surface area contributed by atoms with Crippen LogP contribution in [0.25, 0.3) is 0 Å². The van der Waals surface area contributed by atoms with Crippen molar-refractivity contribution in [3.05, 3.63) is 0 Å². The van der Waals surface area contributed by atoms with Crippen LogP contribution in [-0.4, -0.2) is 48.1 Å². The molecule has 114 valence electrons. The van der Waals surface area contributed by atoms with Crippen LogP contribution in [-0.2, 0) is 14.3 Å². The Kier molecular flexibility index (Phi) is 4.68. The van der Waals surface area contributed by atoms with Crippen LogP contribution in [0.4, 0.5) is 0 Å². The van der Waals surface area contributed by atoms with Crippen LogP contribution in [0, 0.1) is 0 Å². The number of nitrogens with zero attached hydrogens (tertiary/aromatic N) is 1. The standard InChI is InChI=1S/C15H26N2O3/c1-4-15(2)14(19)17(9-8-13(18)16-15)11-6-5-7-12(10-11)20-3/h11-12H,4-10H2,1-3H3,(H,16,18). The Morgan fingerprint density at radius 2 is 2.15 bits per heavy atom. The molecule has 1 heterocycles. The SMILES string of the molecule is CCC1(C)NC(=O)CCN(C2CCCC(OC)C2)C1=O. The number of amides is 2. The third-order valence-corrected chi connectivity index (χ3v) is 4.81. The van der Waals surface area contributed by atoms with Crippen molar-refractivity contribution in [1.29, 1.82) is 0 Å². The summed E-state index contributed by atoms with van der Waals surface area (Å²) in [6.07, 6.45) is 5.30. The van der Waals surface area contributed by atoms with Gasteiger partial charge in [0.2, 0.25) is 11.8 Å². The summed E-state index contributed by atoms with van der Waals surface area (Å²) in [7, 11) is 1.73. The van der Waals surface area contributed by atoms with Crippen molar-refractivity contribution in [1.82, 2.24) is 10.2 Å². The highest BCUT2D eigenvalue weighted by molar-refractivity contribution is 5.93. The first kappa shape index (κ1) is 15.3. The van der Waals surface area contributed by atoms with E-state index in [2.05, 4.69) is 5.32 Å². The maximum Gasteiger partial charge on any atom is 0.248 e. The number of carbonyl (C=O) groups excluding carboxylic acids is 2. The van der Waals surface area contributed by atoms with Gasteiger partial charge in [0, 0.05) is 26.1 Å². The maximum atomic E-state index is 12.8. The molecule has 5 heteroatoms. The lowest BCUT2D eigenvalue weighted by Crippen LogP contribution is -2.57. The lowest BCUT2D eigenvalue weighted by molar-refractivity contribution is -0.141. The molecule has 20 heavy (non-hydrogen) atoms. The molecule has 3 unspecified atom stereocenters. The molecule has 2 fully saturated rings. The van der Waals surface area contributed by atoms with Gasteiger partial charge in [-0.15, -0.1) is 0 Å². The van der Waals surface area contributed by atoms with Crippen LogP contribution >= 0.6 is 0 Å². The van der Waals surface area contributed by atoms with Crippen LogP contribution in [0.15, 0.2) is 0 Å². The van der Waals surface area contributed by atoms with Crippen LogP contribution in [0.2, 0.25) is 0 Å². The van der Waals surface area contributed by atoms with Gasteiger partial charge in [-0.2, -0.15) is 0 Å². The summed E-state index contributed by atoms with van der Waals surface area (Å²) in [6, 6.07) is 0.208. The number of rotatable bonds is 3. The molecule has 1 aliphatic heterocycles. The highest BCUT2D eigenvalue weighted by Crippen LogP contribution is 2.28. The maximum absolute atomic E-state index is 12.8. The highest BCUT2D eigenvalue weighted by atomic mass is 16.5. The molecule has 0 aromatic rings. The molecule has 0 aromatic heterocycles. The molecule has 1 N–H and O–H groups in total. The quantitative estimate of drug-likeness (QED) is 0.852. The molecule has 2 aliphatic rings. The fourth-order valence-electron chi connectivity index (χ4n) is 3.27. The average molecular weight is 282 g/mol. The van der Waals surface area contributed by atoms with E-state index in [9.17, 15) is 9.59 Å². The normalized spacial score (nSPS) is 35.6. The number of hydrogen-bond acceptors (Lipinski definition) is 3. The van der Waals surface area contributed by atoms with Gasteiger partial charge in [-0.1, -0.05) is 6.92 Å². The fraction of sp³-hybridized carbons (Fsp3) is 0.867. The lowest BCUT2D eigenvalue weighted by Gasteiger charge is -2.39. The zero-order valence-electron chi connectivity index (χ0n) is 12.8. The topological polar surface area (TPSA) is 58.6 Å². The summed E-state index contributed by atoms with van der Waals surface area (Å²) in [6.45, 7) is 4.31. The third-order valence-electron chi connectivity index (χ3n) is 4.81. The van der Waals surface area contributed by atoms with Crippen LogP contribution in [0.5, 0.6) is 0 Å². The molecular weight excluding hydrogens is 256 g/mol. The van der Waals surface area contributed by atoms with E-state index in [1.807, 2.05) is 18.7 Å². The van der Waals surface area contributed by atoms with Gasteiger partial charge in [0.15, 0.2) is 0 Å². The Balaban J connectivity index is 2.16. The van der Waals surface area contributed by atoms with Gasteiger partial charge in [0.05, 0.1) is 6.10 Å². The molecule has 0 radical (unpaired) electrons. The molecular formula is C15H26N2O3. The molecule has 0 spiro atoms. The fourth-order valence-corrected chi connectivity index (χ4v) is 3.27. The van der Waals surface area contributed by atoms with E-state index in [-0.39, 0.29) is 24.0 Å². The van der Waals surface area contributed by atoms with Crippen molar-refractivity contribution in [3.8, 4) is 0 Å². The number of ether oxygens (including phenoxy) is 1. The van der Waals surface area contributed by atoms with E-state index in [0.717, 1.165) is 25.7 Å². The predicted molar refractivity (Wildman–Crippen MR) is 76.2 cm³/mol. The zero-order chi connectivity index (χ0) is 14.8. The second-order valence-electron chi connectivity index (χ2n) is 6.16. The average Bonchev–Trinajstić information content (AvgIpc) is 2.57. The smallest absolute Gasteiger partial charge is 0.248 e. The molecule has 5 nitrogen and oxygen atoms in total. The van der Waals surface area contributed by atoms with Crippen LogP contribution in [0.3, 0.4) is 0 Å². The molecule has 1 saturated heterocycles. The molecule has 0 aromatic carbocycles. The monoisotopic (exact) mass is 282 g/mol. The minimum absolute atomic E-state index is 0.0238. The first-order valence-corrected chi connectivity index (χ1v) is 7.65. The molecule has 1 aliphatic carbocycles. The van der Waals surface area contributed by atoms with Crippen molar-refractivity contribution in [2.75, 3.05) is 13.7 Å². The van der Waals surface area contributed by atoms with E-state index in [1.54, 1.807) is 7.11 Å². The molecule has 0 bridgehead atoms. The Morgan fingerprint density at radius 1 is 1.40 bits per heavy atom. The highest BCUT2D eigenvalue weighted by Gasteiger charge is 2.42. The van der Waals surface area contributed by atoms with E-state index < -0.39 is 5.54 Å². The second kappa shape index (κ2) is 6.12. The van der Waals surface area contributed by atoms with E-state index in [4.69, 9.17) is 4.74 Å². The molecule has 2 rings (SSSR count). The molecule has 3 atom stereocenters. The minimum atomic E-state index is -0.756. The molecule has 2 amide bonds. The Hall–Kier alpha value is -1.10. The summed E-state index contributed by atoms with van der Waals surface area (Å²) in [5, 5.41) is 2.89.